The van der Waals surface area contributed by atoms with Gasteiger partial charge in [-0.25, -0.2) is 0 Å². The number of ether oxygens (including phenoxy) is 2. The van der Waals surface area contributed by atoms with Crippen LogP contribution < -0.4 is 4.74 Å². The van der Waals surface area contributed by atoms with Crippen molar-refractivity contribution in [3.63, 3.8) is 0 Å². The maximum Gasteiger partial charge on any atom is 0.148 e. The van der Waals surface area contributed by atoms with Crippen LogP contribution in [0, 0.1) is 12.3 Å². The first-order valence-corrected chi connectivity index (χ1v) is 4.18. The first-order chi connectivity index (χ1) is 6.40. The van der Waals surface area contributed by atoms with E-state index < -0.39 is 0 Å². The van der Waals surface area contributed by atoms with E-state index >= 15 is 0 Å². The van der Waals surface area contributed by atoms with Gasteiger partial charge in [-0.1, -0.05) is 18.1 Å². The molecule has 0 spiro atoms. The predicted molar refractivity (Wildman–Crippen MR) is 49.5 cm³/mol. The van der Waals surface area contributed by atoms with Crippen LogP contribution in [0.2, 0.25) is 0 Å². The van der Waals surface area contributed by atoms with Crippen LogP contribution in [0.5, 0.6) is 5.75 Å². The summed E-state index contributed by atoms with van der Waals surface area (Å²) in [5, 5.41) is 0. The Bertz CT molecular complexity index is 317. The molecule has 1 aliphatic heterocycles. The van der Waals surface area contributed by atoms with Gasteiger partial charge in [-0.15, -0.1) is 6.42 Å². The predicted octanol–water partition coefficient (Wildman–Crippen LogP) is 1.77. The van der Waals surface area contributed by atoms with Gasteiger partial charge in [0.15, 0.2) is 0 Å². The Hall–Kier alpha value is -1.46. The Morgan fingerprint density at radius 1 is 1.46 bits per heavy atom. The zero-order valence-corrected chi connectivity index (χ0v) is 7.19. The van der Waals surface area contributed by atoms with Gasteiger partial charge in [0.1, 0.15) is 18.5 Å². The topological polar surface area (TPSA) is 21.8 Å². The van der Waals surface area contributed by atoms with Crippen molar-refractivity contribution in [1.29, 1.82) is 0 Å². The molecular weight excluding hydrogens is 164 g/mol. The Balaban J connectivity index is 2.01. The highest BCUT2D eigenvalue weighted by Crippen LogP contribution is 2.30. The van der Waals surface area contributed by atoms with Gasteiger partial charge in [0.2, 0.25) is 0 Å². The molecule has 0 aliphatic carbocycles. The van der Waals surface area contributed by atoms with Gasteiger partial charge >= 0.3 is 0 Å². The van der Waals surface area contributed by atoms with Crippen molar-refractivity contribution in [2.24, 2.45) is 0 Å². The fourth-order valence-electron chi connectivity index (χ4n) is 1.14. The van der Waals surface area contributed by atoms with Crippen LogP contribution in [-0.2, 0) is 4.74 Å². The summed E-state index contributed by atoms with van der Waals surface area (Å²) < 4.78 is 10.4. The quantitative estimate of drug-likeness (QED) is 0.514. The molecule has 1 unspecified atom stereocenters. The molecule has 1 saturated heterocycles. The summed E-state index contributed by atoms with van der Waals surface area (Å²) in [6.07, 6.45) is 5.38. The Kier molecular flexibility index (Phi) is 2.20. The van der Waals surface area contributed by atoms with Crippen molar-refractivity contribution >= 4 is 0 Å². The van der Waals surface area contributed by atoms with E-state index in [0.29, 0.717) is 12.7 Å². The Labute approximate surface area is 77.5 Å². The van der Waals surface area contributed by atoms with E-state index in [9.17, 15) is 0 Å². The third-order valence-electron chi connectivity index (χ3n) is 1.91. The summed E-state index contributed by atoms with van der Waals surface area (Å²) in [5.74, 6) is 3.23. The minimum absolute atomic E-state index is 0.307. The number of hydrogen-bond donors (Lipinski definition) is 0. The molecule has 0 aromatic heterocycles. The minimum atomic E-state index is 0.307. The summed E-state index contributed by atoms with van der Waals surface area (Å²) in [5.41, 5.74) is 1.20. The van der Waals surface area contributed by atoms with Crippen LogP contribution in [0.15, 0.2) is 24.3 Å². The van der Waals surface area contributed by atoms with Crippen LogP contribution in [0.1, 0.15) is 11.7 Å². The lowest BCUT2D eigenvalue weighted by molar-refractivity contribution is 0.370. The van der Waals surface area contributed by atoms with Crippen LogP contribution in [0.25, 0.3) is 0 Å². The van der Waals surface area contributed by atoms with Crippen molar-refractivity contribution in [2.75, 3.05) is 13.2 Å². The van der Waals surface area contributed by atoms with Crippen LogP contribution in [0.3, 0.4) is 0 Å². The van der Waals surface area contributed by atoms with E-state index in [1.54, 1.807) is 0 Å². The van der Waals surface area contributed by atoms with Gasteiger partial charge in [0.05, 0.1) is 6.61 Å². The largest absolute Gasteiger partial charge is 0.481 e. The maximum atomic E-state index is 5.23. The molecule has 1 fully saturated rings. The lowest BCUT2D eigenvalue weighted by atomic mass is 10.2. The van der Waals surface area contributed by atoms with Gasteiger partial charge in [-0.3, -0.25) is 0 Å². The average molecular weight is 174 g/mol. The van der Waals surface area contributed by atoms with E-state index in [4.69, 9.17) is 15.9 Å². The molecule has 1 aliphatic rings. The SMILES string of the molecule is C#CCOc1ccc(C2CO2)cc1. The summed E-state index contributed by atoms with van der Waals surface area (Å²) in [6.45, 7) is 1.16. The molecule has 0 amide bonds. The van der Waals surface area contributed by atoms with Crippen molar-refractivity contribution in [3.8, 4) is 18.1 Å². The molecule has 13 heavy (non-hydrogen) atoms. The van der Waals surface area contributed by atoms with E-state index in [1.165, 1.54) is 5.56 Å². The second-order valence-corrected chi connectivity index (χ2v) is 2.88. The molecular formula is C11H10O2. The maximum absolute atomic E-state index is 5.23. The number of epoxide rings is 1. The summed E-state index contributed by atoms with van der Waals surface area (Å²) in [4.78, 5) is 0. The summed E-state index contributed by atoms with van der Waals surface area (Å²) in [7, 11) is 0. The molecule has 1 aromatic rings. The molecule has 2 rings (SSSR count). The van der Waals surface area contributed by atoms with Crippen molar-refractivity contribution in [2.45, 2.75) is 6.10 Å². The van der Waals surface area contributed by atoms with Gasteiger partial charge in [-0.2, -0.15) is 0 Å². The number of rotatable bonds is 3. The van der Waals surface area contributed by atoms with Crippen LogP contribution >= 0.6 is 0 Å². The van der Waals surface area contributed by atoms with Gasteiger partial charge < -0.3 is 9.47 Å². The smallest absolute Gasteiger partial charge is 0.148 e. The fraction of sp³-hybridized carbons (Fsp3) is 0.273. The first-order valence-electron chi connectivity index (χ1n) is 4.18. The summed E-state index contributed by atoms with van der Waals surface area (Å²) >= 11 is 0. The molecule has 2 heteroatoms. The third-order valence-corrected chi connectivity index (χ3v) is 1.91. The Morgan fingerprint density at radius 2 is 2.15 bits per heavy atom. The van der Waals surface area contributed by atoms with Crippen LogP contribution in [-0.4, -0.2) is 13.2 Å². The zero-order chi connectivity index (χ0) is 9.10. The minimum Gasteiger partial charge on any atom is -0.481 e. The highest BCUT2D eigenvalue weighted by molar-refractivity contribution is 5.30. The lowest BCUT2D eigenvalue weighted by Crippen LogP contribution is -1.93. The lowest BCUT2D eigenvalue weighted by Gasteiger charge is -2.02. The standard InChI is InChI=1S/C11H10O2/c1-2-7-12-10-5-3-9(4-6-10)11-8-13-11/h1,3-6,11H,7-8H2. The van der Waals surface area contributed by atoms with Crippen molar-refractivity contribution in [3.05, 3.63) is 29.8 Å². The van der Waals surface area contributed by atoms with E-state index in [2.05, 4.69) is 5.92 Å². The van der Waals surface area contributed by atoms with Gasteiger partial charge in [0.25, 0.3) is 0 Å². The monoisotopic (exact) mass is 174 g/mol. The molecule has 0 saturated carbocycles. The molecule has 0 bridgehead atoms. The van der Waals surface area contributed by atoms with Gasteiger partial charge in [-0.05, 0) is 17.7 Å². The highest BCUT2D eigenvalue weighted by atomic mass is 16.6. The number of hydrogen-bond acceptors (Lipinski definition) is 2. The molecule has 2 nitrogen and oxygen atoms in total. The second kappa shape index (κ2) is 3.51. The second-order valence-electron chi connectivity index (χ2n) is 2.88. The van der Waals surface area contributed by atoms with Crippen molar-refractivity contribution < 1.29 is 9.47 Å². The third kappa shape index (κ3) is 2.01. The fourth-order valence-corrected chi connectivity index (χ4v) is 1.14. The van der Waals surface area contributed by atoms with E-state index in [-0.39, 0.29) is 0 Å². The molecule has 1 heterocycles. The van der Waals surface area contributed by atoms with E-state index in [0.717, 1.165) is 12.4 Å². The number of benzene rings is 1. The number of terminal acetylenes is 1. The molecule has 1 aromatic carbocycles. The molecule has 0 radical (unpaired) electrons. The van der Waals surface area contributed by atoms with Gasteiger partial charge in [0, 0.05) is 0 Å². The molecule has 0 N–H and O–H groups in total. The van der Waals surface area contributed by atoms with E-state index in [1.807, 2.05) is 24.3 Å². The molecule has 66 valence electrons. The highest BCUT2D eigenvalue weighted by Gasteiger charge is 2.24. The van der Waals surface area contributed by atoms with Crippen molar-refractivity contribution in [1.82, 2.24) is 0 Å². The first kappa shape index (κ1) is 8.15. The zero-order valence-electron chi connectivity index (χ0n) is 7.19. The van der Waals surface area contributed by atoms with Crippen LogP contribution in [0.4, 0.5) is 0 Å². The average Bonchev–Trinajstić information content (AvgIpc) is 2.99. The molecule has 1 atom stereocenters. The Morgan fingerprint density at radius 3 is 2.69 bits per heavy atom. The normalized spacial score (nSPS) is 19.2. The summed E-state index contributed by atoms with van der Waals surface area (Å²) in [6, 6.07) is 7.83.